The molecule has 0 aliphatic rings. The minimum atomic E-state index is -0.265. The second kappa shape index (κ2) is 8.77. The summed E-state index contributed by atoms with van der Waals surface area (Å²) in [5.74, 6) is 0.422. The monoisotopic (exact) mass is 479 g/mol. The van der Waals surface area contributed by atoms with Crippen LogP contribution in [0.1, 0.15) is 21.5 Å². The van der Waals surface area contributed by atoms with Crippen LogP contribution in [0.25, 0.3) is 10.2 Å². The van der Waals surface area contributed by atoms with Crippen molar-refractivity contribution >= 4 is 54.7 Å². The van der Waals surface area contributed by atoms with E-state index in [-0.39, 0.29) is 5.91 Å². The highest BCUT2D eigenvalue weighted by molar-refractivity contribution is 9.10. The maximum atomic E-state index is 13.3. The number of methoxy groups -OCH3 is 1. The Kier molecular flexibility index (Phi) is 5.92. The number of rotatable bonds is 5. The Hall–Kier alpha value is -3.03. The third kappa shape index (κ3) is 4.42. The molecule has 3 aromatic carbocycles. The van der Waals surface area contributed by atoms with Crippen molar-refractivity contribution in [2.75, 3.05) is 12.1 Å². The maximum absolute atomic E-state index is 13.3. The predicted octanol–water partition coefficient (Wildman–Crippen LogP) is 6.06. The number of hydrogen-bond acceptors (Lipinski definition) is 5. The van der Waals surface area contributed by atoms with Gasteiger partial charge in [-0.25, -0.2) is 4.98 Å². The maximum Gasteiger partial charge on any atom is 0.280 e. The number of nitrogens with zero attached hydrogens (tertiary/aromatic N) is 3. The molecule has 4 aromatic rings. The van der Waals surface area contributed by atoms with Gasteiger partial charge in [0.25, 0.3) is 5.91 Å². The topological polar surface area (TPSA) is 54.8 Å². The lowest BCUT2D eigenvalue weighted by Crippen LogP contribution is -2.25. The normalized spacial score (nSPS) is 11.2. The van der Waals surface area contributed by atoms with Crippen molar-refractivity contribution in [3.63, 3.8) is 0 Å². The van der Waals surface area contributed by atoms with Gasteiger partial charge in [-0.1, -0.05) is 57.1 Å². The van der Waals surface area contributed by atoms with Gasteiger partial charge in [-0.05, 0) is 55.0 Å². The molecule has 0 N–H and O–H groups in total. The molecule has 150 valence electrons. The largest absolute Gasteiger partial charge is 0.497 e. The first-order valence-corrected chi connectivity index (χ1v) is 10.8. The van der Waals surface area contributed by atoms with E-state index in [2.05, 4.69) is 26.0 Å². The Morgan fingerprint density at radius 2 is 1.83 bits per heavy atom. The van der Waals surface area contributed by atoms with E-state index in [0.717, 1.165) is 25.8 Å². The smallest absolute Gasteiger partial charge is 0.280 e. The molecule has 1 amide bonds. The van der Waals surface area contributed by atoms with Crippen LogP contribution < -0.4 is 9.75 Å². The van der Waals surface area contributed by atoms with E-state index in [1.807, 2.05) is 49.4 Å². The number of hydrogen-bond donors (Lipinski definition) is 0. The van der Waals surface area contributed by atoms with Crippen molar-refractivity contribution in [2.24, 2.45) is 5.10 Å². The Balaban J connectivity index is 1.74. The second-order valence-electron chi connectivity index (χ2n) is 6.61. The number of ether oxygens (including phenoxy) is 1. The van der Waals surface area contributed by atoms with Crippen molar-refractivity contribution in [1.82, 2.24) is 4.98 Å². The van der Waals surface area contributed by atoms with Crippen LogP contribution in [0.4, 0.5) is 5.13 Å². The predicted molar refractivity (Wildman–Crippen MR) is 126 cm³/mol. The second-order valence-corrected chi connectivity index (χ2v) is 8.53. The zero-order valence-corrected chi connectivity index (χ0v) is 18.8. The Morgan fingerprint density at radius 1 is 1.10 bits per heavy atom. The number of benzene rings is 3. The number of thiazole rings is 1. The summed E-state index contributed by atoms with van der Waals surface area (Å²) < 4.78 is 7.12. The molecule has 5 nitrogen and oxygen atoms in total. The number of hydrazone groups is 1. The van der Waals surface area contributed by atoms with Crippen LogP contribution in [0.2, 0.25) is 0 Å². The molecule has 0 radical (unpaired) electrons. The van der Waals surface area contributed by atoms with Gasteiger partial charge in [0.05, 0.1) is 23.5 Å². The lowest BCUT2D eigenvalue weighted by molar-refractivity contribution is 0.0988. The fourth-order valence-electron chi connectivity index (χ4n) is 2.80. The number of carbonyl (C=O) groups is 1. The van der Waals surface area contributed by atoms with Crippen LogP contribution in [0.5, 0.6) is 5.75 Å². The van der Waals surface area contributed by atoms with Crippen molar-refractivity contribution < 1.29 is 9.53 Å². The highest BCUT2D eigenvalue weighted by atomic mass is 79.9. The van der Waals surface area contributed by atoms with Crippen LogP contribution >= 0.6 is 27.3 Å². The van der Waals surface area contributed by atoms with Gasteiger partial charge in [-0.2, -0.15) is 10.1 Å². The minimum Gasteiger partial charge on any atom is -0.497 e. The lowest BCUT2D eigenvalue weighted by atomic mass is 10.2. The molecule has 30 heavy (non-hydrogen) atoms. The third-order valence-corrected chi connectivity index (χ3v) is 5.94. The first-order valence-electron chi connectivity index (χ1n) is 9.19. The first-order chi connectivity index (χ1) is 14.5. The van der Waals surface area contributed by atoms with Crippen molar-refractivity contribution in [3.8, 4) is 5.75 Å². The molecule has 0 bridgehead atoms. The molecular weight excluding hydrogens is 462 g/mol. The van der Waals surface area contributed by atoms with Gasteiger partial charge >= 0.3 is 0 Å². The average molecular weight is 480 g/mol. The summed E-state index contributed by atoms with van der Waals surface area (Å²) in [4.78, 5) is 17.9. The van der Waals surface area contributed by atoms with E-state index in [1.165, 1.54) is 16.3 Å². The van der Waals surface area contributed by atoms with E-state index in [1.54, 1.807) is 37.6 Å². The molecule has 0 aliphatic heterocycles. The molecule has 0 aliphatic carbocycles. The highest BCUT2D eigenvalue weighted by Gasteiger charge is 2.21. The van der Waals surface area contributed by atoms with Crippen LogP contribution in [0.3, 0.4) is 0 Å². The van der Waals surface area contributed by atoms with Crippen molar-refractivity contribution in [1.29, 1.82) is 0 Å². The van der Waals surface area contributed by atoms with Crippen LogP contribution in [0, 0.1) is 6.92 Å². The summed E-state index contributed by atoms with van der Waals surface area (Å²) in [6, 6.07) is 20.7. The first kappa shape index (κ1) is 20.3. The van der Waals surface area contributed by atoms with Gasteiger partial charge in [-0.3, -0.25) is 4.79 Å². The van der Waals surface area contributed by atoms with Crippen LogP contribution in [-0.4, -0.2) is 24.2 Å². The van der Waals surface area contributed by atoms with Gasteiger partial charge in [-0.15, -0.1) is 0 Å². The quantitative estimate of drug-likeness (QED) is 0.258. The third-order valence-electron chi connectivity index (χ3n) is 4.45. The number of aromatic nitrogens is 1. The molecular formula is C23H18BrN3O2S. The van der Waals surface area contributed by atoms with Gasteiger partial charge in [0.1, 0.15) is 5.75 Å². The molecule has 0 fully saturated rings. The fourth-order valence-corrected chi connectivity index (χ4v) is 4.27. The number of amides is 1. The van der Waals surface area contributed by atoms with Gasteiger partial charge in [0.15, 0.2) is 0 Å². The minimum absolute atomic E-state index is 0.265. The zero-order chi connectivity index (χ0) is 21.1. The number of halogens is 1. The van der Waals surface area contributed by atoms with Gasteiger partial charge in [0.2, 0.25) is 5.13 Å². The Morgan fingerprint density at radius 3 is 2.53 bits per heavy atom. The average Bonchev–Trinajstić information content (AvgIpc) is 3.18. The lowest BCUT2D eigenvalue weighted by Gasteiger charge is -2.14. The van der Waals surface area contributed by atoms with E-state index >= 15 is 0 Å². The van der Waals surface area contributed by atoms with Crippen molar-refractivity contribution in [3.05, 3.63) is 87.9 Å². The SMILES string of the molecule is COc1ccc(C(=O)N(/N=C/c2ccc(C)cc2)c2nc3ccc(Br)cc3s2)cc1. The summed E-state index contributed by atoms with van der Waals surface area (Å²) in [7, 11) is 1.59. The summed E-state index contributed by atoms with van der Waals surface area (Å²) in [5.41, 5.74) is 3.38. The number of anilines is 1. The van der Waals surface area contributed by atoms with Gasteiger partial charge < -0.3 is 4.74 Å². The molecule has 1 heterocycles. The fraction of sp³-hybridized carbons (Fsp3) is 0.0870. The van der Waals surface area contributed by atoms with Crippen molar-refractivity contribution in [2.45, 2.75) is 6.92 Å². The molecule has 4 rings (SSSR count). The molecule has 0 unspecified atom stereocenters. The summed E-state index contributed by atoms with van der Waals surface area (Å²) >= 11 is 4.90. The summed E-state index contributed by atoms with van der Waals surface area (Å²) in [5, 5.41) is 6.35. The summed E-state index contributed by atoms with van der Waals surface area (Å²) in [6.45, 7) is 2.03. The highest BCUT2D eigenvalue weighted by Crippen LogP contribution is 2.32. The van der Waals surface area contributed by atoms with E-state index in [4.69, 9.17) is 4.74 Å². The Bertz CT molecular complexity index is 1220. The van der Waals surface area contributed by atoms with Gasteiger partial charge in [0, 0.05) is 10.0 Å². The number of aryl methyl sites for hydroxylation is 1. The summed E-state index contributed by atoms with van der Waals surface area (Å²) in [6.07, 6.45) is 1.67. The molecule has 0 saturated heterocycles. The zero-order valence-electron chi connectivity index (χ0n) is 16.4. The molecule has 0 atom stereocenters. The molecule has 0 spiro atoms. The Labute approximate surface area is 186 Å². The van der Waals surface area contributed by atoms with E-state index in [9.17, 15) is 4.79 Å². The van der Waals surface area contributed by atoms with Crippen LogP contribution in [-0.2, 0) is 0 Å². The number of carbonyl (C=O) groups excluding carboxylic acids is 1. The molecule has 1 aromatic heterocycles. The number of fused-ring (bicyclic) bond motifs is 1. The van der Waals surface area contributed by atoms with Crippen LogP contribution in [0.15, 0.2) is 76.3 Å². The van der Waals surface area contributed by atoms with E-state index < -0.39 is 0 Å². The standard InChI is InChI=1S/C23H18BrN3O2S/c1-15-3-5-16(6-4-15)14-25-27(22(28)17-7-10-19(29-2)11-8-17)23-26-20-12-9-18(24)13-21(20)30-23/h3-14H,1-2H3/b25-14+. The molecule has 0 saturated carbocycles. The van der Waals surface area contributed by atoms with E-state index in [0.29, 0.717) is 16.4 Å². The molecule has 7 heteroatoms.